The van der Waals surface area contributed by atoms with Crippen LogP contribution in [0.25, 0.3) is 0 Å². The Morgan fingerprint density at radius 2 is 1.57 bits per heavy atom. The molecule has 0 aromatic heterocycles. The van der Waals surface area contributed by atoms with Gasteiger partial charge in [-0.25, -0.2) is 13.1 Å². The highest BCUT2D eigenvalue weighted by Crippen LogP contribution is 2.18. The second kappa shape index (κ2) is 9.40. The van der Waals surface area contributed by atoms with Crippen molar-refractivity contribution in [3.8, 4) is 0 Å². The zero-order valence-corrected chi connectivity index (χ0v) is 17.2. The Kier molecular flexibility index (Phi) is 7.38. The van der Waals surface area contributed by atoms with Gasteiger partial charge in [0.25, 0.3) is 0 Å². The number of sulfonamides is 1. The van der Waals surface area contributed by atoms with Crippen LogP contribution in [-0.4, -0.2) is 32.8 Å². The molecule has 10 heteroatoms. The van der Waals surface area contributed by atoms with Crippen molar-refractivity contribution in [1.82, 2.24) is 4.72 Å². The number of halogens is 3. The number of Topliss-reactive ketones (excluding diaryl/α,β-unsaturated/α-hetero) is 1. The van der Waals surface area contributed by atoms with E-state index < -0.39 is 28.7 Å². The molecule has 0 radical (unpaired) electrons. The van der Waals surface area contributed by atoms with Gasteiger partial charge in [0.15, 0.2) is 5.78 Å². The van der Waals surface area contributed by atoms with Gasteiger partial charge in [-0.15, -0.1) is 0 Å². The SMILES string of the molecule is Cc1ccc(C(=O)CCC(=O)Nc2ccc(S(=O)(=O)NCC(F)(F)F)cc2)cc1C. The van der Waals surface area contributed by atoms with Gasteiger partial charge in [-0.1, -0.05) is 12.1 Å². The number of ketones is 1. The molecule has 0 heterocycles. The van der Waals surface area contributed by atoms with Gasteiger partial charge in [0.05, 0.1) is 4.90 Å². The molecule has 0 atom stereocenters. The van der Waals surface area contributed by atoms with Crippen LogP contribution in [0.1, 0.15) is 34.3 Å². The molecule has 2 rings (SSSR count). The molecule has 6 nitrogen and oxygen atoms in total. The van der Waals surface area contributed by atoms with Crippen LogP contribution < -0.4 is 10.0 Å². The van der Waals surface area contributed by atoms with E-state index in [4.69, 9.17) is 0 Å². The van der Waals surface area contributed by atoms with Crippen LogP contribution in [-0.2, 0) is 14.8 Å². The Balaban J connectivity index is 1.91. The van der Waals surface area contributed by atoms with Crippen LogP contribution in [0.5, 0.6) is 0 Å². The van der Waals surface area contributed by atoms with Crippen LogP contribution in [0.3, 0.4) is 0 Å². The van der Waals surface area contributed by atoms with Gasteiger partial charge < -0.3 is 5.32 Å². The second-order valence-corrected chi connectivity index (χ2v) is 8.50. The van der Waals surface area contributed by atoms with Gasteiger partial charge in [-0.2, -0.15) is 13.2 Å². The third kappa shape index (κ3) is 6.96. The summed E-state index contributed by atoms with van der Waals surface area (Å²) < 4.78 is 61.7. The zero-order chi connectivity index (χ0) is 22.5. The lowest BCUT2D eigenvalue weighted by molar-refractivity contribution is -0.121. The van der Waals surface area contributed by atoms with Gasteiger partial charge >= 0.3 is 6.18 Å². The fraction of sp³-hybridized carbons (Fsp3) is 0.300. The molecule has 0 aliphatic heterocycles. The number of carbonyl (C=O) groups is 2. The number of alkyl halides is 3. The van der Waals surface area contributed by atoms with Gasteiger partial charge in [-0.3, -0.25) is 9.59 Å². The first-order valence-corrected chi connectivity index (χ1v) is 10.4. The minimum absolute atomic E-state index is 0.00214. The van der Waals surface area contributed by atoms with Crippen LogP contribution >= 0.6 is 0 Å². The summed E-state index contributed by atoms with van der Waals surface area (Å²) in [6, 6.07) is 9.97. The summed E-state index contributed by atoms with van der Waals surface area (Å²) >= 11 is 0. The Bertz CT molecular complexity index is 1030. The first-order chi connectivity index (χ1) is 13.9. The third-order valence-corrected chi connectivity index (χ3v) is 5.74. The molecule has 0 unspecified atom stereocenters. The van der Waals surface area contributed by atoms with E-state index in [1.165, 1.54) is 16.9 Å². The number of anilines is 1. The number of benzene rings is 2. The minimum Gasteiger partial charge on any atom is -0.326 e. The van der Waals surface area contributed by atoms with Crippen molar-refractivity contribution in [3.63, 3.8) is 0 Å². The number of nitrogens with one attached hydrogen (secondary N) is 2. The molecule has 0 fully saturated rings. The number of carbonyl (C=O) groups excluding carboxylic acids is 2. The summed E-state index contributed by atoms with van der Waals surface area (Å²) in [5, 5.41) is 2.52. The topological polar surface area (TPSA) is 92.3 Å². The van der Waals surface area contributed by atoms with Gasteiger partial charge in [0.2, 0.25) is 15.9 Å². The third-order valence-electron chi connectivity index (χ3n) is 4.32. The molecule has 30 heavy (non-hydrogen) atoms. The maximum atomic E-state index is 12.2. The van der Waals surface area contributed by atoms with Crippen LogP contribution in [0, 0.1) is 13.8 Å². The lowest BCUT2D eigenvalue weighted by Gasteiger charge is -2.10. The van der Waals surface area contributed by atoms with Crippen LogP contribution in [0.15, 0.2) is 47.4 Å². The smallest absolute Gasteiger partial charge is 0.326 e. The van der Waals surface area contributed by atoms with E-state index in [1.54, 1.807) is 12.1 Å². The van der Waals surface area contributed by atoms with Gasteiger partial charge in [0, 0.05) is 24.1 Å². The number of amides is 1. The van der Waals surface area contributed by atoms with Crippen molar-refractivity contribution in [3.05, 3.63) is 59.2 Å². The van der Waals surface area contributed by atoms with Crippen molar-refractivity contribution < 1.29 is 31.2 Å². The highest BCUT2D eigenvalue weighted by molar-refractivity contribution is 7.89. The van der Waals surface area contributed by atoms with Crippen molar-refractivity contribution in [2.24, 2.45) is 0 Å². The average Bonchev–Trinajstić information content (AvgIpc) is 2.67. The standard InChI is InChI=1S/C20H21F3N2O4S/c1-13-3-4-15(11-14(13)2)18(26)9-10-19(27)25-16-5-7-17(8-6-16)30(28,29)24-12-20(21,22)23/h3-8,11,24H,9-10,12H2,1-2H3,(H,25,27). The van der Waals surface area contributed by atoms with Crippen LogP contribution in [0.2, 0.25) is 0 Å². The average molecular weight is 442 g/mol. The molecule has 0 saturated carbocycles. The van der Waals surface area contributed by atoms with E-state index in [1.807, 2.05) is 19.9 Å². The fourth-order valence-corrected chi connectivity index (χ4v) is 3.50. The molecule has 2 aromatic carbocycles. The lowest BCUT2D eigenvalue weighted by Crippen LogP contribution is -2.33. The monoisotopic (exact) mass is 442 g/mol. The molecule has 1 amide bonds. The predicted octanol–water partition coefficient (Wildman–Crippen LogP) is 3.75. The number of hydrogen-bond donors (Lipinski definition) is 2. The summed E-state index contributed by atoms with van der Waals surface area (Å²) in [5.74, 6) is -0.622. The van der Waals surface area contributed by atoms with Gasteiger partial charge in [0.1, 0.15) is 6.54 Å². The van der Waals surface area contributed by atoms with E-state index in [0.29, 0.717) is 5.56 Å². The number of rotatable bonds is 8. The molecular weight excluding hydrogens is 421 g/mol. The van der Waals surface area contributed by atoms with E-state index in [0.717, 1.165) is 23.3 Å². The fourth-order valence-electron chi connectivity index (χ4n) is 2.49. The van der Waals surface area contributed by atoms with E-state index >= 15 is 0 Å². The second-order valence-electron chi connectivity index (χ2n) is 6.73. The number of hydrogen-bond acceptors (Lipinski definition) is 4. The molecule has 0 aliphatic carbocycles. The van der Waals surface area contributed by atoms with E-state index in [9.17, 15) is 31.2 Å². The first-order valence-electron chi connectivity index (χ1n) is 8.94. The first kappa shape index (κ1) is 23.6. The summed E-state index contributed by atoms with van der Waals surface area (Å²) in [5.41, 5.74) is 2.81. The summed E-state index contributed by atoms with van der Waals surface area (Å²) in [7, 11) is -4.32. The quantitative estimate of drug-likeness (QED) is 0.609. The van der Waals surface area contributed by atoms with E-state index in [-0.39, 0.29) is 29.2 Å². The molecule has 0 aliphatic rings. The minimum atomic E-state index is -4.67. The normalized spacial score (nSPS) is 11.9. The molecule has 2 aromatic rings. The maximum Gasteiger partial charge on any atom is 0.402 e. The molecule has 0 spiro atoms. The highest BCUT2D eigenvalue weighted by atomic mass is 32.2. The Morgan fingerprint density at radius 3 is 2.13 bits per heavy atom. The van der Waals surface area contributed by atoms with Crippen molar-refractivity contribution >= 4 is 27.4 Å². The molecule has 162 valence electrons. The summed E-state index contributed by atoms with van der Waals surface area (Å²) in [6.07, 6.45) is -4.74. The Hall–Kier alpha value is -2.72. The summed E-state index contributed by atoms with van der Waals surface area (Å²) in [4.78, 5) is 23.9. The molecule has 2 N–H and O–H groups in total. The molecular formula is C20H21F3N2O4S. The largest absolute Gasteiger partial charge is 0.402 e. The summed E-state index contributed by atoms with van der Waals surface area (Å²) in [6.45, 7) is 2.14. The Morgan fingerprint density at radius 1 is 0.933 bits per heavy atom. The molecule has 0 saturated heterocycles. The number of aryl methyl sites for hydroxylation is 2. The van der Waals surface area contributed by atoms with Crippen LogP contribution in [0.4, 0.5) is 18.9 Å². The van der Waals surface area contributed by atoms with E-state index in [2.05, 4.69) is 5.32 Å². The predicted molar refractivity (Wildman–Crippen MR) is 106 cm³/mol. The molecule has 0 bridgehead atoms. The van der Waals surface area contributed by atoms with Crippen molar-refractivity contribution in [1.29, 1.82) is 0 Å². The lowest BCUT2D eigenvalue weighted by atomic mass is 10.0. The van der Waals surface area contributed by atoms with Crippen molar-refractivity contribution in [2.75, 3.05) is 11.9 Å². The maximum absolute atomic E-state index is 12.2. The van der Waals surface area contributed by atoms with Crippen molar-refractivity contribution in [2.45, 2.75) is 37.8 Å². The Labute approximate surface area is 172 Å². The van der Waals surface area contributed by atoms with Gasteiger partial charge in [-0.05, 0) is 55.3 Å². The zero-order valence-electron chi connectivity index (χ0n) is 16.3. The highest BCUT2D eigenvalue weighted by Gasteiger charge is 2.30.